The number of rotatable bonds is 2. The van der Waals surface area contributed by atoms with Gasteiger partial charge in [-0.1, -0.05) is 26.8 Å². The molecule has 1 heteroatoms. The molecular weight excluding hydrogens is 148 g/mol. The molecule has 1 aliphatic rings. The first-order valence-corrected chi connectivity index (χ1v) is 4.57. The van der Waals surface area contributed by atoms with Crippen LogP contribution in [0.25, 0.3) is 0 Å². The highest BCUT2D eigenvalue weighted by atomic mass is 16.1. The number of carbonyl (C=O) groups is 1. The third-order valence-electron chi connectivity index (χ3n) is 3.92. The molecule has 0 aliphatic heterocycles. The molecule has 2 atom stereocenters. The summed E-state index contributed by atoms with van der Waals surface area (Å²) in [6.07, 6.45) is 5.22. The molecule has 1 fully saturated rings. The topological polar surface area (TPSA) is 17.1 Å². The molecule has 68 valence electrons. The maximum Gasteiger partial charge on any atom is 0.126 e. The van der Waals surface area contributed by atoms with Gasteiger partial charge in [-0.3, -0.25) is 0 Å². The predicted molar refractivity (Wildman–Crippen MR) is 50.9 cm³/mol. The highest BCUT2D eigenvalue weighted by molar-refractivity contribution is 5.61. The fourth-order valence-corrected chi connectivity index (χ4v) is 2.19. The number of hydrogen-bond donors (Lipinski definition) is 0. The monoisotopic (exact) mass is 166 g/mol. The molecule has 12 heavy (non-hydrogen) atoms. The lowest BCUT2D eigenvalue weighted by Crippen LogP contribution is -2.34. The van der Waals surface area contributed by atoms with Gasteiger partial charge in [-0.2, -0.15) is 0 Å². The van der Waals surface area contributed by atoms with Crippen LogP contribution in [0.3, 0.4) is 0 Å². The standard InChI is InChI=1S/C11H18O/c1-5-9-6-7-11(4,8-12)10(9,2)3/h5,8-9H,1,6-7H2,2-4H3. The lowest BCUT2D eigenvalue weighted by Gasteiger charge is -2.36. The normalized spacial score (nSPS) is 39.4. The number of allylic oxidation sites excluding steroid dienone is 1. The molecular formula is C11H18O. The summed E-state index contributed by atoms with van der Waals surface area (Å²) in [4.78, 5) is 11.0. The first-order chi connectivity index (χ1) is 5.48. The molecule has 1 rings (SSSR count). The van der Waals surface area contributed by atoms with Crippen LogP contribution in [0.15, 0.2) is 12.7 Å². The van der Waals surface area contributed by atoms with Crippen LogP contribution < -0.4 is 0 Å². The van der Waals surface area contributed by atoms with Crippen LogP contribution in [0.5, 0.6) is 0 Å². The summed E-state index contributed by atoms with van der Waals surface area (Å²) in [5.41, 5.74) is -0.0671. The van der Waals surface area contributed by atoms with Crippen molar-refractivity contribution < 1.29 is 4.79 Å². The third-order valence-corrected chi connectivity index (χ3v) is 3.92. The van der Waals surface area contributed by atoms with E-state index in [4.69, 9.17) is 0 Å². The van der Waals surface area contributed by atoms with Crippen molar-refractivity contribution in [1.29, 1.82) is 0 Å². The van der Waals surface area contributed by atoms with E-state index in [0.717, 1.165) is 19.1 Å². The van der Waals surface area contributed by atoms with Crippen LogP contribution in [0.1, 0.15) is 33.6 Å². The summed E-state index contributed by atoms with van der Waals surface area (Å²) in [5, 5.41) is 0. The molecule has 0 aromatic carbocycles. The number of aldehydes is 1. The van der Waals surface area contributed by atoms with Crippen LogP contribution >= 0.6 is 0 Å². The van der Waals surface area contributed by atoms with Gasteiger partial charge in [0, 0.05) is 5.41 Å². The average Bonchev–Trinajstić information content (AvgIpc) is 2.25. The number of hydrogen-bond acceptors (Lipinski definition) is 1. The summed E-state index contributed by atoms with van der Waals surface area (Å²) >= 11 is 0. The lowest BCUT2D eigenvalue weighted by atomic mass is 9.67. The molecule has 1 aliphatic carbocycles. The van der Waals surface area contributed by atoms with Crippen molar-refractivity contribution >= 4 is 6.29 Å². The molecule has 0 amide bonds. The van der Waals surface area contributed by atoms with Crippen LogP contribution in [-0.2, 0) is 4.79 Å². The fourth-order valence-electron chi connectivity index (χ4n) is 2.19. The van der Waals surface area contributed by atoms with Gasteiger partial charge >= 0.3 is 0 Å². The Kier molecular flexibility index (Phi) is 2.15. The molecule has 0 aromatic rings. The maximum absolute atomic E-state index is 11.0. The molecule has 0 saturated heterocycles. The van der Waals surface area contributed by atoms with Crippen molar-refractivity contribution in [3.05, 3.63) is 12.7 Å². The minimum absolute atomic E-state index is 0.0799. The van der Waals surface area contributed by atoms with Crippen LogP contribution in [0, 0.1) is 16.7 Å². The van der Waals surface area contributed by atoms with Crippen LogP contribution in [-0.4, -0.2) is 6.29 Å². The van der Waals surface area contributed by atoms with Gasteiger partial charge in [0.2, 0.25) is 0 Å². The summed E-state index contributed by atoms with van der Waals surface area (Å²) < 4.78 is 0. The van der Waals surface area contributed by atoms with Gasteiger partial charge in [0.05, 0.1) is 0 Å². The van der Waals surface area contributed by atoms with E-state index < -0.39 is 0 Å². The van der Waals surface area contributed by atoms with E-state index in [1.807, 2.05) is 6.08 Å². The molecule has 0 bridgehead atoms. The van der Waals surface area contributed by atoms with Crippen molar-refractivity contribution in [3.63, 3.8) is 0 Å². The zero-order valence-electron chi connectivity index (χ0n) is 8.26. The Morgan fingerprint density at radius 1 is 1.42 bits per heavy atom. The van der Waals surface area contributed by atoms with Crippen molar-refractivity contribution in [2.24, 2.45) is 16.7 Å². The molecule has 1 nitrogen and oxygen atoms in total. The first-order valence-electron chi connectivity index (χ1n) is 4.57. The Hall–Kier alpha value is -0.590. The zero-order chi connectivity index (χ0) is 9.41. The Bertz CT molecular complexity index is 205. The van der Waals surface area contributed by atoms with Gasteiger partial charge in [-0.25, -0.2) is 0 Å². The first kappa shape index (κ1) is 9.50. The largest absolute Gasteiger partial charge is 0.303 e. The SMILES string of the molecule is C=CC1CCC(C)(C=O)C1(C)C. The summed E-state index contributed by atoms with van der Waals surface area (Å²) in [5.74, 6) is 0.493. The molecule has 0 radical (unpaired) electrons. The lowest BCUT2D eigenvalue weighted by molar-refractivity contribution is -0.120. The third kappa shape index (κ3) is 1.03. The minimum atomic E-state index is -0.147. The summed E-state index contributed by atoms with van der Waals surface area (Å²) in [6, 6.07) is 0. The molecule has 0 N–H and O–H groups in total. The van der Waals surface area contributed by atoms with E-state index in [2.05, 4.69) is 27.4 Å². The van der Waals surface area contributed by atoms with Gasteiger partial charge in [-0.05, 0) is 24.2 Å². The average molecular weight is 166 g/mol. The smallest absolute Gasteiger partial charge is 0.126 e. The second-order valence-electron chi connectivity index (χ2n) is 4.64. The zero-order valence-corrected chi connectivity index (χ0v) is 8.26. The molecule has 0 aromatic heterocycles. The predicted octanol–water partition coefficient (Wildman–Crippen LogP) is 2.81. The van der Waals surface area contributed by atoms with E-state index in [1.54, 1.807) is 0 Å². The van der Waals surface area contributed by atoms with Gasteiger partial charge in [0.15, 0.2) is 0 Å². The van der Waals surface area contributed by atoms with Crippen molar-refractivity contribution in [3.8, 4) is 0 Å². The highest BCUT2D eigenvalue weighted by Gasteiger charge is 2.50. The van der Waals surface area contributed by atoms with Crippen LogP contribution in [0.4, 0.5) is 0 Å². The fraction of sp³-hybridized carbons (Fsp3) is 0.727. The maximum atomic E-state index is 11.0. The minimum Gasteiger partial charge on any atom is -0.303 e. The Balaban J connectivity index is 2.98. The molecule has 0 heterocycles. The molecule has 1 saturated carbocycles. The van der Waals surface area contributed by atoms with Gasteiger partial charge in [0.1, 0.15) is 6.29 Å². The van der Waals surface area contributed by atoms with Crippen molar-refractivity contribution in [2.45, 2.75) is 33.6 Å². The van der Waals surface area contributed by atoms with E-state index in [1.165, 1.54) is 0 Å². The molecule has 2 unspecified atom stereocenters. The highest BCUT2D eigenvalue weighted by Crippen LogP contribution is 2.54. The quantitative estimate of drug-likeness (QED) is 0.455. The molecule has 0 spiro atoms. The van der Waals surface area contributed by atoms with Crippen molar-refractivity contribution in [1.82, 2.24) is 0 Å². The Labute approximate surface area is 74.9 Å². The van der Waals surface area contributed by atoms with Gasteiger partial charge < -0.3 is 4.79 Å². The van der Waals surface area contributed by atoms with Gasteiger partial charge in [-0.15, -0.1) is 6.58 Å². The van der Waals surface area contributed by atoms with E-state index >= 15 is 0 Å². The second-order valence-corrected chi connectivity index (χ2v) is 4.64. The summed E-state index contributed by atoms with van der Waals surface area (Å²) in [7, 11) is 0. The second kappa shape index (κ2) is 2.72. The van der Waals surface area contributed by atoms with Gasteiger partial charge in [0.25, 0.3) is 0 Å². The Morgan fingerprint density at radius 3 is 2.25 bits per heavy atom. The van der Waals surface area contributed by atoms with E-state index in [9.17, 15) is 4.79 Å². The van der Waals surface area contributed by atoms with Crippen molar-refractivity contribution in [2.75, 3.05) is 0 Å². The Morgan fingerprint density at radius 2 is 2.00 bits per heavy atom. The van der Waals surface area contributed by atoms with E-state index in [-0.39, 0.29) is 10.8 Å². The van der Waals surface area contributed by atoms with Crippen LogP contribution in [0.2, 0.25) is 0 Å². The number of carbonyl (C=O) groups excluding carboxylic acids is 1. The van der Waals surface area contributed by atoms with E-state index in [0.29, 0.717) is 5.92 Å². The summed E-state index contributed by atoms with van der Waals surface area (Å²) in [6.45, 7) is 10.2.